The van der Waals surface area contributed by atoms with Gasteiger partial charge in [-0.15, -0.1) is 11.3 Å². The molecule has 4 nitrogen and oxygen atoms in total. The van der Waals surface area contributed by atoms with Gasteiger partial charge in [-0.25, -0.2) is 4.98 Å². The number of hydrogen-bond acceptors (Lipinski definition) is 4. The number of nitrogens with zero attached hydrogens (tertiary/aromatic N) is 3. The van der Waals surface area contributed by atoms with E-state index >= 15 is 0 Å². The Morgan fingerprint density at radius 3 is 2.73 bits per heavy atom. The molecule has 0 N–H and O–H groups in total. The maximum absolute atomic E-state index is 13.0. The average molecular weight is 370 g/mol. The lowest BCUT2D eigenvalue weighted by Crippen LogP contribution is -2.43. The Bertz CT molecular complexity index is 758. The van der Waals surface area contributed by atoms with Crippen LogP contribution in [0.25, 0.3) is 0 Å². The van der Waals surface area contributed by atoms with E-state index in [2.05, 4.69) is 59.0 Å². The fraction of sp³-hybridized carbons (Fsp3) is 0.524. The van der Waals surface area contributed by atoms with E-state index in [4.69, 9.17) is 0 Å². The highest BCUT2D eigenvalue weighted by Crippen LogP contribution is 2.30. The van der Waals surface area contributed by atoms with Gasteiger partial charge in [0, 0.05) is 43.5 Å². The van der Waals surface area contributed by atoms with E-state index in [1.54, 1.807) is 11.3 Å². The fourth-order valence-corrected chi connectivity index (χ4v) is 4.98. The number of carbonyl (C=O) groups excluding carboxylic acids is 1. The molecule has 2 aromatic rings. The van der Waals surface area contributed by atoms with Crippen molar-refractivity contribution in [2.24, 2.45) is 5.92 Å². The minimum absolute atomic E-state index is 0.117. The molecule has 138 valence electrons. The Morgan fingerprint density at radius 2 is 2.00 bits per heavy atom. The van der Waals surface area contributed by atoms with Gasteiger partial charge in [0.1, 0.15) is 5.69 Å². The third-order valence-electron chi connectivity index (χ3n) is 5.58. The highest BCUT2D eigenvalue weighted by molar-refractivity contribution is 7.09. The molecule has 3 fully saturated rings. The van der Waals surface area contributed by atoms with Crippen LogP contribution in [0.15, 0.2) is 35.7 Å². The second-order valence-corrected chi connectivity index (χ2v) is 8.84. The van der Waals surface area contributed by atoms with Gasteiger partial charge >= 0.3 is 0 Å². The first-order valence-corrected chi connectivity index (χ1v) is 10.5. The number of benzene rings is 1. The molecule has 0 aliphatic carbocycles. The van der Waals surface area contributed by atoms with Crippen LogP contribution < -0.4 is 0 Å². The molecule has 0 saturated carbocycles. The van der Waals surface area contributed by atoms with Crippen molar-refractivity contribution in [2.45, 2.75) is 45.2 Å². The smallest absolute Gasteiger partial charge is 0.273 e. The quantitative estimate of drug-likeness (QED) is 0.817. The number of thiazole rings is 1. The summed E-state index contributed by atoms with van der Waals surface area (Å²) in [6.45, 7) is 8.03. The summed E-state index contributed by atoms with van der Waals surface area (Å²) in [6, 6.07) is 11.1. The molecule has 5 heteroatoms. The molecule has 1 aromatic carbocycles. The maximum Gasteiger partial charge on any atom is 0.273 e. The predicted octanol–water partition coefficient (Wildman–Crippen LogP) is 4.00. The van der Waals surface area contributed by atoms with Gasteiger partial charge in [0.25, 0.3) is 5.91 Å². The third-order valence-corrected chi connectivity index (χ3v) is 6.72. The Morgan fingerprint density at radius 1 is 1.19 bits per heavy atom. The minimum Gasteiger partial charge on any atom is -0.335 e. The number of carbonyl (C=O) groups is 1. The van der Waals surface area contributed by atoms with Crippen molar-refractivity contribution >= 4 is 17.2 Å². The molecule has 1 amide bonds. The van der Waals surface area contributed by atoms with Crippen LogP contribution in [0.1, 0.15) is 53.7 Å². The number of rotatable bonds is 4. The molecule has 0 spiro atoms. The molecule has 3 aliphatic heterocycles. The van der Waals surface area contributed by atoms with Gasteiger partial charge in [0.15, 0.2) is 0 Å². The second-order valence-electron chi connectivity index (χ2n) is 7.95. The largest absolute Gasteiger partial charge is 0.335 e. The summed E-state index contributed by atoms with van der Waals surface area (Å²) in [5, 5.41) is 2.99. The van der Waals surface area contributed by atoms with Crippen LogP contribution in [0.4, 0.5) is 0 Å². The molecule has 3 saturated heterocycles. The van der Waals surface area contributed by atoms with E-state index in [1.165, 1.54) is 18.4 Å². The predicted molar refractivity (Wildman–Crippen MR) is 105 cm³/mol. The lowest BCUT2D eigenvalue weighted by atomic mass is 9.94. The molecule has 3 aliphatic rings. The number of piperidine rings is 1. The highest BCUT2D eigenvalue weighted by atomic mass is 32.1. The Balaban J connectivity index is 1.47. The van der Waals surface area contributed by atoms with Crippen LogP contribution in [0.3, 0.4) is 0 Å². The minimum atomic E-state index is 0.117. The van der Waals surface area contributed by atoms with Crippen molar-refractivity contribution < 1.29 is 4.79 Å². The standard InChI is InChI=1S/C21H27N3OS/c1-15(2)20-22-19(14-26-20)21(25)24-12-17-8-9-18(13-24)23(11-17)10-16-6-4-3-5-7-16/h3-7,14-15,17-18H,8-13H2,1-2H3/t17-,18-/m1/s1. The van der Waals surface area contributed by atoms with Crippen LogP contribution in [-0.4, -0.2) is 46.4 Å². The zero-order chi connectivity index (χ0) is 18.1. The number of fused-ring (bicyclic) bond motifs is 4. The number of hydrogen-bond donors (Lipinski definition) is 0. The molecule has 4 heterocycles. The first-order valence-electron chi connectivity index (χ1n) is 9.63. The first-order chi connectivity index (χ1) is 12.6. The molecular formula is C21H27N3OS. The van der Waals surface area contributed by atoms with E-state index in [0.29, 0.717) is 23.6 Å². The van der Waals surface area contributed by atoms with Gasteiger partial charge in [0.2, 0.25) is 0 Å². The first kappa shape index (κ1) is 17.7. The lowest BCUT2D eigenvalue weighted by molar-refractivity contribution is 0.0730. The fourth-order valence-electron chi connectivity index (χ4n) is 4.17. The average Bonchev–Trinajstić information content (AvgIpc) is 2.97. The van der Waals surface area contributed by atoms with Gasteiger partial charge < -0.3 is 4.90 Å². The van der Waals surface area contributed by atoms with Gasteiger partial charge in [-0.1, -0.05) is 44.2 Å². The molecule has 0 unspecified atom stereocenters. The molecule has 2 bridgehead atoms. The normalized spacial score (nSPS) is 23.4. The van der Waals surface area contributed by atoms with Crippen LogP contribution in [0, 0.1) is 5.92 Å². The SMILES string of the molecule is CC(C)c1nc(C(=O)N2C[C@@H]3CC[C@H](C2)N(Cc2ccccc2)C3)cs1. The van der Waals surface area contributed by atoms with Crippen LogP contribution in [-0.2, 0) is 6.54 Å². The Labute approximate surface area is 159 Å². The van der Waals surface area contributed by atoms with E-state index in [0.717, 1.165) is 31.2 Å². The zero-order valence-electron chi connectivity index (χ0n) is 15.6. The number of amides is 1. The lowest BCUT2D eigenvalue weighted by Gasteiger charge is -2.36. The van der Waals surface area contributed by atoms with Gasteiger partial charge in [-0.2, -0.15) is 0 Å². The monoisotopic (exact) mass is 369 g/mol. The van der Waals surface area contributed by atoms with Crippen LogP contribution >= 0.6 is 11.3 Å². The molecular weight excluding hydrogens is 342 g/mol. The van der Waals surface area contributed by atoms with Crippen molar-refractivity contribution in [2.75, 3.05) is 19.6 Å². The van der Waals surface area contributed by atoms with Crippen molar-refractivity contribution in [3.63, 3.8) is 0 Å². The molecule has 0 radical (unpaired) electrons. The van der Waals surface area contributed by atoms with Gasteiger partial charge in [-0.3, -0.25) is 9.69 Å². The molecule has 1 aromatic heterocycles. The topological polar surface area (TPSA) is 36.4 Å². The molecule has 26 heavy (non-hydrogen) atoms. The summed E-state index contributed by atoms with van der Waals surface area (Å²) in [5.41, 5.74) is 1.99. The summed E-state index contributed by atoms with van der Waals surface area (Å²) in [4.78, 5) is 22.3. The molecule has 2 atom stereocenters. The van der Waals surface area contributed by atoms with Crippen molar-refractivity contribution in [3.05, 3.63) is 52.0 Å². The highest BCUT2D eigenvalue weighted by Gasteiger charge is 2.37. The summed E-state index contributed by atoms with van der Waals surface area (Å²) in [5.74, 6) is 1.07. The molecule has 5 rings (SSSR count). The number of aromatic nitrogens is 1. The summed E-state index contributed by atoms with van der Waals surface area (Å²) >= 11 is 1.61. The van der Waals surface area contributed by atoms with Crippen molar-refractivity contribution in [3.8, 4) is 0 Å². The van der Waals surface area contributed by atoms with E-state index in [1.807, 2.05) is 5.38 Å². The van der Waals surface area contributed by atoms with Crippen molar-refractivity contribution in [1.29, 1.82) is 0 Å². The third kappa shape index (κ3) is 3.69. The summed E-state index contributed by atoms with van der Waals surface area (Å²) in [6.07, 6.45) is 2.42. The van der Waals surface area contributed by atoms with E-state index < -0.39 is 0 Å². The Hall–Kier alpha value is -1.72. The zero-order valence-corrected chi connectivity index (χ0v) is 16.4. The van der Waals surface area contributed by atoms with Crippen LogP contribution in [0.2, 0.25) is 0 Å². The summed E-state index contributed by atoms with van der Waals surface area (Å²) < 4.78 is 0. The second kappa shape index (κ2) is 7.49. The maximum atomic E-state index is 13.0. The van der Waals surface area contributed by atoms with Gasteiger partial charge in [-0.05, 0) is 24.3 Å². The Kier molecular flexibility index (Phi) is 5.09. The van der Waals surface area contributed by atoms with Gasteiger partial charge in [0.05, 0.1) is 5.01 Å². The van der Waals surface area contributed by atoms with E-state index in [-0.39, 0.29) is 5.91 Å². The van der Waals surface area contributed by atoms with E-state index in [9.17, 15) is 4.79 Å². The van der Waals surface area contributed by atoms with Crippen molar-refractivity contribution in [1.82, 2.24) is 14.8 Å². The summed E-state index contributed by atoms with van der Waals surface area (Å²) in [7, 11) is 0. The van der Waals surface area contributed by atoms with Crippen LogP contribution in [0.5, 0.6) is 0 Å².